The maximum absolute atomic E-state index is 12.6. The van der Waals surface area contributed by atoms with E-state index in [1.54, 1.807) is 11.3 Å². The molecule has 0 saturated carbocycles. The molecule has 0 bridgehead atoms. The lowest BCUT2D eigenvalue weighted by Gasteiger charge is -2.19. The lowest BCUT2D eigenvalue weighted by Crippen LogP contribution is -2.41. The van der Waals surface area contributed by atoms with Crippen molar-refractivity contribution in [2.45, 2.75) is 38.6 Å². The summed E-state index contributed by atoms with van der Waals surface area (Å²) in [6, 6.07) is 1.33. The fourth-order valence-electron chi connectivity index (χ4n) is 3.04. The van der Waals surface area contributed by atoms with Crippen molar-refractivity contribution in [3.05, 3.63) is 21.4 Å². The minimum Gasteiger partial charge on any atom is -0.480 e. The molecule has 21 heavy (non-hydrogen) atoms. The van der Waals surface area contributed by atoms with Gasteiger partial charge in [0.1, 0.15) is 6.04 Å². The van der Waals surface area contributed by atoms with Crippen LogP contribution >= 0.6 is 23.1 Å². The first-order valence-electron chi connectivity index (χ1n) is 7.33. The summed E-state index contributed by atoms with van der Waals surface area (Å²) in [7, 11) is 0. The molecule has 1 aromatic rings. The highest BCUT2D eigenvalue weighted by atomic mass is 32.2. The Morgan fingerprint density at radius 2 is 2.29 bits per heavy atom. The van der Waals surface area contributed by atoms with Crippen molar-refractivity contribution in [3.8, 4) is 0 Å². The fraction of sp³-hybridized carbons (Fsp3) is 0.600. The second-order valence-corrected chi connectivity index (χ2v) is 7.84. The van der Waals surface area contributed by atoms with Crippen molar-refractivity contribution in [2.75, 3.05) is 11.6 Å². The van der Waals surface area contributed by atoms with Gasteiger partial charge in [-0.15, -0.1) is 23.1 Å². The lowest BCUT2D eigenvalue weighted by atomic mass is 9.87. The predicted molar refractivity (Wildman–Crippen MR) is 85.0 cm³/mol. The van der Waals surface area contributed by atoms with Gasteiger partial charge in [0.2, 0.25) is 0 Å². The first-order chi connectivity index (χ1) is 10.1. The Kier molecular flexibility index (Phi) is 4.26. The Morgan fingerprint density at radius 3 is 3.00 bits per heavy atom. The van der Waals surface area contributed by atoms with Crippen LogP contribution in [0.3, 0.4) is 0 Å². The normalized spacial score (nSPS) is 24.9. The van der Waals surface area contributed by atoms with E-state index in [-0.39, 0.29) is 5.91 Å². The Morgan fingerprint density at radius 1 is 1.48 bits per heavy atom. The van der Waals surface area contributed by atoms with Crippen molar-refractivity contribution in [1.29, 1.82) is 0 Å². The van der Waals surface area contributed by atoms with Crippen molar-refractivity contribution in [2.24, 2.45) is 5.92 Å². The Hall–Kier alpha value is -1.01. The van der Waals surface area contributed by atoms with Crippen molar-refractivity contribution >= 4 is 35.0 Å². The summed E-state index contributed by atoms with van der Waals surface area (Å²) in [6.07, 6.45) is 4.51. The van der Waals surface area contributed by atoms with Crippen LogP contribution in [0.25, 0.3) is 0 Å². The van der Waals surface area contributed by atoms with Gasteiger partial charge in [0.25, 0.3) is 5.91 Å². The average molecular weight is 325 g/mol. The molecule has 1 amide bonds. The van der Waals surface area contributed by atoms with Crippen LogP contribution in [0.5, 0.6) is 0 Å². The maximum atomic E-state index is 12.6. The smallest absolute Gasteiger partial charge is 0.327 e. The number of hydrogen-bond acceptors (Lipinski definition) is 4. The summed E-state index contributed by atoms with van der Waals surface area (Å²) in [5.41, 5.74) is 1.31. The number of carboxylic acid groups (broad SMARTS) is 1. The number of carbonyl (C=O) groups is 2. The van der Waals surface area contributed by atoms with Gasteiger partial charge in [-0.05, 0) is 36.8 Å². The van der Waals surface area contributed by atoms with Gasteiger partial charge in [-0.1, -0.05) is 13.3 Å². The molecular weight excluding hydrogens is 306 g/mol. The number of thioether (sulfide) groups is 1. The highest BCUT2D eigenvalue weighted by molar-refractivity contribution is 7.99. The molecule has 4 nitrogen and oxygen atoms in total. The highest BCUT2D eigenvalue weighted by Crippen LogP contribution is 2.35. The molecule has 1 aliphatic heterocycles. The lowest BCUT2D eigenvalue weighted by molar-refractivity contribution is -0.140. The zero-order valence-corrected chi connectivity index (χ0v) is 13.6. The Bertz CT molecular complexity index is 569. The monoisotopic (exact) mass is 325 g/mol. The third-order valence-electron chi connectivity index (χ3n) is 4.40. The molecule has 2 atom stereocenters. The van der Waals surface area contributed by atoms with Crippen molar-refractivity contribution in [3.63, 3.8) is 0 Å². The van der Waals surface area contributed by atoms with Gasteiger partial charge in [-0.25, -0.2) is 4.79 Å². The van der Waals surface area contributed by atoms with Crippen LogP contribution in [0.1, 0.15) is 39.9 Å². The van der Waals surface area contributed by atoms with E-state index in [1.807, 2.05) is 6.07 Å². The highest BCUT2D eigenvalue weighted by Gasteiger charge is 2.36. The molecule has 1 fully saturated rings. The molecule has 1 unspecified atom stereocenters. The van der Waals surface area contributed by atoms with Gasteiger partial charge >= 0.3 is 5.97 Å². The molecule has 0 spiro atoms. The fourth-order valence-corrected chi connectivity index (χ4v) is 5.35. The van der Waals surface area contributed by atoms with Gasteiger partial charge < -0.3 is 10.0 Å². The van der Waals surface area contributed by atoms with Crippen LogP contribution in [-0.2, 0) is 17.6 Å². The predicted octanol–water partition coefficient (Wildman–Crippen LogP) is 2.86. The summed E-state index contributed by atoms with van der Waals surface area (Å²) in [4.78, 5) is 27.3. The minimum atomic E-state index is -0.902. The van der Waals surface area contributed by atoms with E-state index in [4.69, 9.17) is 0 Å². The third kappa shape index (κ3) is 2.83. The molecule has 2 heterocycles. The molecule has 114 valence electrons. The largest absolute Gasteiger partial charge is 0.480 e. The SMILES string of the molecule is CCC1CCc2sc(C(=O)N3CSC[C@H]3C(=O)O)cc2C1. The number of carbonyl (C=O) groups excluding carboxylic acids is 1. The van der Waals surface area contributed by atoms with E-state index in [0.717, 1.165) is 18.8 Å². The second-order valence-electron chi connectivity index (χ2n) is 5.71. The number of rotatable bonds is 3. The molecule has 0 radical (unpaired) electrons. The van der Waals surface area contributed by atoms with E-state index < -0.39 is 12.0 Å². The molecule has 1 aliphatic carbocycles. The standard InChI is InChI=1S/C15H19NO3S2/c1-2-9-3-4-12-10(5-9)6-13(21-12)14(17)16-8-20-7-11(16)15(18)19/h6,9,11H,2-5,7-8H2,1H3,(H,18,19)/t9?,11-/m0/s1. The van der Waals surface area contributed by atoms with Crippen LogP contribution in [0.4, 0.5) is 0 Å². The first-order valence-corrected chi connectivity index (χ1v) is 9.30. The van der Waals surface area contributed by atoms with E-state index >= 15 is 0 Å². The molecule has 2 aliphatic rings. The number of thiophene rings is 1. The van der Waals surface area contributed by atoms with E-state index in [1.165, 1.54) is 39.9 Å². The van der Waals surface area contributed by atoms with Crippen LogP contribution < -0.4 is 0 Å². The molecule has 6 heteroatoms. The van der Waals surface area contributed by atoms with Crippen LogP contribution in [-0.4, -0.2) is 39.6 Å². The number of fused-ring (bicyclic) bond motifs is 1. The number of aryl methyl sites for hydroxylation is 1. The molecule has 0 aromatic carbocycles. The zero-order chi connectivity index (χ0) is 15.0. The second kappa shape index (κ2) is 6.01. The Balaban J connectivity index is 1.80. The quantitative estimate of drug-likeness (QED) is 0.928. The van der Waals surface area contributed by atoms with Gasteiger partial charge in [0, 0.05) is 10.6 Å². The minimum absolute atomic E-state index is 0.111. The van der Waals surface area contributed by atoms with Crippen LogP contribution in [0.2, 0.25) is 0 Å². The molecular formula is C15H19NO3S2. The number of amides is 1. The number of hydrogen-bond donors (Lipinski definition) is 1. The zero-order valence-electron chi connectivity index (χ0n) is 12.0. The van der Waals surface area contributed by atoms with Gasteiger partial charge in [-0.3, -0.25) is 4.79 Å². The van der Waals surface area contributed by atoms with Gasteiger partial charge in [-0.2, -0.15) is 0 Å². The van der Waals surface area contributed by atoms with Crippen molar-refractivity contribution < 1.29 is 14.7 Å². The van der Waals surface area contributed by atoms with Gasteiger partial charge in [0.05, 0.1) is 10.8 Å². The number of carboxylic acids is 1. The summed E-state index contributed by atoms with van der Waals surface area (Å²) < 4.78 is 0. The van der Waals surface area contributed by atoms with E-state index in [9.17, 15) is 14.7 Å². The Labute approximate surface area is 132 Å². The maximum Gasteiger partial charge on any atom is 0.327 e. The summed E-state index contributed by atoms with van der Waals surface area (Å²) in [5.74, 6) is 0.685. The van der Waals surface area contributed by atoms with Crippen LogP contribution in [0.15, 0.2) is 6.07 Å². The molecule has 1 aromatic heterocycles. The van der Waals surface area contributed by atoms with E-state index in [2.05, 4.69) is 6.92 Å². The summed E-state index contributed by atoms with van der Waals surface area (Å²) in [6.45, 7) is 2.22. The first kappa shape index (κ1) is 14.9. The number of nitrogens with zero attached hydrogens (tertiary/aromatic N) is 1. The van der Waals surface area contributed by atoms with E-state index in [0.29, 0.717) is 16.5 Å². The third-order valence-corrected chi connectivity index (χ3v) is 6.64. The summed E-state index contributed by atoms with van der Waals surface area (Å²) >= 11 is 3.07. The topological polar surface area (TPSA) is 57.6 Å². The van der Waals surface area contributed by atoms with Crippen molar-refractivity contribution in [1.82, 2.24) is 4.90 Å². The molecule has 3 rings (SSSR count). The van der Waals surface area contributed by atoms with Gasteiger partial charge in [0.15, 0.2) is 0 Å². The molecule has 1 N–H and O–H groups in total. The molecule has 1 saturated heterocycles. The summed E-state index contributed by atoms with van der Waals surface area (Å²) in [5, 5.41) is 9.20. The average Bonchev–Trinajstić information content (AvgIpc) is 3.12. The number of aliphatic carboxylic acids is 1. The van der Waals surface area contributed by atoms with Crippen LogP contribution in [0, 0.1) is 5.92 Å².